The van der Waals surface area contributed by atoms with Gasteiger partial charge in [0.05, 0.1) is 23.6 Å². The summed E-state index contributed by atoms with van der Waals surface area (Å²) in [5, 5.41) is 0. The number of benzene rings is 2. The van der Waals surface area contributed by atoms with Crippen molar-refractivity contribution in [1.82, 2.24) is 0 Å². The van der Waals surface area contributed by atoms with Gasteiger partial charge in [0.15, 0.2) is 0 Å². The van der Waals surface area contributed by atoms with Crippen LogP contribution >= 0.6 is 0 Å². The lowest BCUT2D eigenvalue weighted by molar-refractivity contribution is 0.0230. The zero-order chi connectivity index (χ0) is 25.5. The molecule has 0 saturated carbocycles. The van der Waals surface area contributed by atoms with Gasteiger partial charge in [-0.1, -0.05) is 0 Å². The molecule has 0 N–H and O–H groups in total. The first-order valence-corrected chi connectivity index (χ1v) is 12.8. The van der Waals surface area contributed by atoms with Crippen LogP contribution in [0.3, 0.4) is 0 Å². The number of nitrogens with zero attached hydrogens (tertiary/aromatic N) is 2. The van der Waals surface area contributed by atoms with E-state index < -0.39 is 0 Å². The lowest BCUT2D eigenvalue weighted by Crippen LogP contribution is -2.36. The molecule has 1 aliphatic heterocycles. The third-order valence-electron chi connectivity index (χ3n) is 8.69. The van der Waals surface area contributed by atoms with Gasteiger partial charge in [-0.3, -0.25) is 9.98 Å². The van der Waals surface area contributed by atoms with E-state index in [9.17, 15) is 0 Å². The van der Waals surface area contributed by atoms with E-state index in [1.807, 2.05) is 0 Å². The average Bonchev–Trinajstić information content (AvgIpc) is 2.84. The van der Waals surface area contributed by atoms with Crippen LogP contribution in [0.25, 0.3) is 0 Å². The van der Waals surface area contributed by atoms with Gasteiger partial charge in [0.1, 0.15) is 0 Å². The molecule has 3 rings (SSSR count). The van der Waals surface area contributed by atoms with Crippen molar-refractivity contribution in [3.8, 4) is 0 Å². The second kappa shape index (κ2) is 10.2. The number of aliphatic imine (C=N–C) groups is 2. The summed E-state index contributed by atoms with van der Waals surface area (Å²) in [6, 6.07) is 0. The topological polar surface area (TPSA) is 34.0 Å². The summed E-state index contributed by atoms with van der Waals surface area (Å²) in [6.07, 6.45) is 3.23. The number of hydrogen-bond acceptors (Lipinski definition) is 3. The largest absolute Gasteiger partial charge is 0.363 e. The van der Waals surface area contributed by atoms with Gasteiger partial charge in [-0.2, -0.15) is 0 Å². The minimum atomic E-state index is 0.0355. The van der Waals surface area contributed by atoms with Crippen molar-refractivity contribution < 1.29 is 4.74 Å². The maximum atomic E-state index is 6.62. The minimum absolute atomic E-state index is 0.0355. The Bertz CT molecular complexity index is 1030. The van der Waals surface area contributed by atoms with E-state index in [-0.39, 0.29) is 12.2 Å². The Morgan fingerprint density at radius 3 is 1.06 bits per heavy atom. The highest BCUT2D eigenvalue weighted by Gasteiger charge is 2.27. The highest BCUT2D eigenvalue weighted by molar-refractivity contribution is 5.92. The Balaban J connectivity index is 1.91. The van der Waals surface area contributed by atoms with Crippen LogP contribution in [0.4, 0.5) is 11.4 Å². The molecule has 0 spiro atoms. The van der Waals surface area contributed by atoms with Crippen LogP contribution in [-0.2, 0) is 4.74 Å². The van der Waals surface area contributed by atoms with Crippen LogP contribution in [0.2, 0.25) is 0 Å². The monoisotopic (exact) mass is 460 g/mol. The fourth-order valence-electron chi connectivity index (χ4n) is 5.23. The Kier molecular flexibility index (Phi) is 7.87. The highest BCUT2D eigenvalue weighted by Crippen LogP contribution is 2.35. The Morgan fingerprint density at radius 2 is 0.765 bits per heavy atom. The maximum absolute atomic E-state index is 6.62. The fourth-order valence-corrected chi connectivity index (χ4v) is 5.23. The molecule has 1 heterocycles. The summed E-state index contributed by atoms with van der Waals surface area (Å²) in [5.74, 6) is 0. The van der Waals surface area contributed by atoms with Gasteiger partial charge in [0.2, 0.25) is 0 Å². The van der Waals surface area contributed by atoms with Crippen molar-refractivity contribution in [1.29, 1.82) is 0 Å². The van der Waals surface area contributed by atoms with E-state index in [1.165, 1.54) is 55.6 Å². The van der Waals surface area contributed by atoms with Crippen molar-refractivity contribution in [2.24, 2.45) is 9.98 Å². The van der Waals surface area contributed by atoms with Crippen LogP contribution in [0.15, 0.2) is 9.98 Å². The first kappa shape index (κ1) is 26.3. The van der Waals surface area contributed by atoms with Gasteiger partial charge in [-0.25, -0.2) is 0 Å². The standard InChI is InChI=1S/C31H44N2O/c1-16-18(3)22(7)30(23(8)19(16)4)32-26(11)28-14-13-15-29(34-28)27(12)33-31-24(9)20(5)17(2)21(6)25(31)10/h28-29H,13-15H2,1-12H3. The van der Waals surface area contributed by atoms with Gasteiger partial charge in [-0.05, 0) is 158 Å². The molecule has 0 aliphatic carbocycles. The number of ether oxygens (including phenoxy) is 1. The molecular weight excluding hydrogens is 416 g/mol. The molecular formula is C31H44N2O. The molecule has 0 amide bonds. The molecule has 3 nitrogen and oxygen atoms in total. The third-order valence-corrected chi connectivity index (χ3v) is 8.69. The lowest BCUT2D eigenvalue weighted by Gasteiger charge is -2.30. The smallest absolute Gasteiger partial charge is 0.0962 e. The van der Waals surface area contributed by atoms with E-state index in [2.05, 4.69) is 83.1 Å². The molecule has 0 bridgehead atoms. The van der Waals surface area contributed by atoms with Crippen LogP contribution < -0.4 is 0 Å². The second-order valence-electron chi connectivity index (χ2n) is 10.5. The summed E-state index contributed by atoms with van der Waals surface area (Å²) in [6.45, 7) is 26.3. The summed E-state index contributed by atoms with van der Waals surface area (Å²) >= 11 is 0. The third kappa shape index (κ3) is 4.77. The van der Waals surface area contributed by atoms with Gasteiger partial charge >= 0.3 is 0 Å². The van der Waals surface area contributed by atoms with E-state index in [0.717, 1.165) is 42.1 Å². The Labute approximate surface area is 207 Å². The van der Waals surface area contributed by atoms with Crippen molar-refractivity contribution in [3.63, 3.8) is 0 Å². The molecule has 1 aliphatic rings. The summed E-state index contributed by atoms with van der Waals surface area (Å²) in [5.41, 5.74) is 17.6. The molecule has 2 aromatic rings. The Morgan fingerprint density at radius 1 is 0.500 bits per heavy atom. The molecule has 34 heavy (non-hydrogen) atoms. The molecule has 0 aromatic heterocycles. The van der Waals surface area contributed by atoms with Crippen molar-refractivity contribution in [3.05, 3.63) is 55.6 Å². The van der Waals surface area contributed by atoms with Gasteiger partial charge in [0, 0.05) is 11.4 Å². The molecule has 184 valence electrons. The van der Waals surface area contributed by atoms with Crippen molar-refractivity contribution in [2.75, 3.05) is 0 Å². The SMILES string of the molecule is CC(=Nc1c(C)c(C)c(C)c(C)c1C)C1CCCC(C(C)=Nc2c(C)c(C)c(C)c(C)c2C)O1. The predicted molar refractivity (Wildman–Crippen MR) is 148 cm³/mol. The molecule has 1 saturated heterocycles. The first-order chi connectivity index (χ1) is 15.9. The summed E-state index contributed by atoms with van der Waals surface area (Å²) < 4.78 is 6.62. The quantitative estimate of drug-likeness (QED) is 0.421. The normalized spacial score (nSPS) is 19.6. The number of hydrogen-bond donors (Lipinski definition) is 0. The van der Waals surface area contributed by atoms with E-state index in [4.69, 9.17) is 14.7 Å². The molecule has 0 radical (unpaired) electrons. The van der Waals surface area contributed by atoms with E-state index in [1.54, 1.807) is 0 Å². The first-order valence-electron chi connectivity index (χ1n) is 12.8. The predicted octanol–water partition coefficient (Wildman–Crippen LogP) is 8.59. The lowest BCUT2D eigenvalue weighted by atomic mass is 9.92. The van der Waals surface area contributed by atoms with Crippen LogP contribution in [0, 0.1) is 69.2 Å². The zero-order valence-electron chi connectivity index (χ0n) is 23.6. The zero-order valence-corrected chi connectivity index (χ0v) is 23.6. The van der Waals surface area contributed by atoms with Crippen molar-refractivity contribution >= 4 is 22.8 Å². The average molecular weight is 461 g/mol. The Hall–Kier alpha value is -2.26. The summed E-state index contributed by atoms with van der Waals surface area (Å²) in [7, 11) is 0. The van der Waals surface area contributed by atoms with Crippen LogP contribution in [0.1, 0.15) is 88.7 Å². The van der Waals surface area contributed by atoms with Gasteiger partial charge < -0.3 is 4.74 Å². The highest BCUT2D eigenvalue weighted by atomic mass is 16.5. The van der Waals surface area contributed by atoms with Gasteiger partial charge in [-0.15, -0.1) is 0 Å². The maximum Gasteiger partial charge on any atom is 0.0962 e. The second-order valence-corrected chi connectivity index (χ2v) is 10.5. The molecule has 2 atom stereocenters. The van der Waals surface area contributed by atoms with Gasteiger partial charge in [0.25, 0.3) is 0 Å². The fraction of sp³-hybridized carbons (Fsp3) is 0.548. The van der Waals surface area contributed by atoms with E-state index >= 15 is 0 Å². The molecule has 2 unspecified atom stereocenters. The van der Waals surface area contributed by atoms with E-state index in [0.29, 0.717) is 0 Å². The molecule has 3 heteroatoms. The van der Waals surface area contributed by atoms with Crippen LogP contribution in [0.5, 0.6) is 0 Å². The minimum Gasteiger partial charge on any atom is -0.363 e. The molecule has 2 aromatic carbocycles. The molecule has 1 fully saturated rings. The van der Waals surface area contributed by atoms with Crippen molar-refractivity contribution in [2.45, 2.75) is 115 Å². The van der Waals surface area contributed by atoms with Crippen LogP contribution in [-0.4, -0.2) is 23.6 Å². The summed E-state index contributed by atoms with van der Waals surface area (Å²) in [4.78, 5) is 10.3. The number of rotatable bonds is 4.